The van der Waals surface area contributed by atoms with E-state index < -0.39 is 0 Å². The second kappa shape index (κ2) is 3.26. The Morgan fingerprint density at radius 1 is 1.44 bits per heavy atom. The lowest BCUT2D eigenvalue weighted by Crippen LogP contribution is -2.48. The van der Waals surface area contributed by atoms with Crippen molar-refractivity contribution in [2.24, 2.45) is 5.84 Å². The summed E-state index contributed by atoms with van der Waals surface area (Å²) < 4.78 is 0. The fraction of sp³-hybridized carbons (Fsp3) is 0.455. The van der Waals surface area contributed by atoms with E-state index in [0.29, 0.717) is 0 Å². The third-order valence-electron chi connectivity index (χ3n) is 3.64. The Morgan fingerprint density at radius 2 is 2.19 bits per heavy atom. The Labute approximate surface area is 93.6 Å². The van der Waals surface area contributed by atoms with Crippen molar-refractivity contribution in [3.63, 3.8) is 0 Å². The minimum absolute atomic E-state index is 0.0781. The van der Waals surface area contributed by atoms with Crippen LogP contribution in [-0.4, -0.2) is 29.0 Å². The van der Waals surface area contributed by atoms with Gasteiger partial charge in [-0.15, -0.1) is 0 Å². The van der Waals surface area contributed by atoms with E-state index in [1.54, 1.807) is 11.2 Å². The average Bonchev–Trinajstić information content (AvgIpc) is 2.57. The number of amides is 1. The van der Waals surface area contributed by atoms with Crippen LogP contribution >= 0.6 is 0 Å². The smallest absolute Gasteiger partial charge is 0.236 e. The van der Waals surface area contributed by atoms with E-state index in [1.807, 2.05) is 12.1 Å². The highest BCUT2D eigenvalue weighted by Crippen LogP contribution is 2.43. The maximum Gasteiger partial charge on any atom is 0.236 e. The summed E-state index contributed by atoms with van der Waals surface area (Å²) in [6.45, 7) is 1.50. The van der Waals surface area contributed by atoms with Gasteiger partial charge in [0.2, 0.25) is 5.91 Å². The maximum atomic E-state index is 12.1. The predicted octanol–water partition coefficient (Wildman–Crippen LogP) is 0.241. The summed E-state index contributed by atoms with van der Waals surface area (Å²) in [5.74, 6) is 6.54. The number of hydrogen-bond acceptors (Lipinski definition) is 4. The van der Waals surface area contributed by atoms with Gasteiger partial charge >= 0.3 is 0 Å². The molecule has 84 valence electrons. The molecule has 0 atom stereocenters. The Balaban J connectivity index is 2.04. The molecule has 0 bridgehead atoms. The SMILES string of the molecule is NN1CCC2(CC1)C(=O)Nc1ncccc12. The molecule has 1 spiro atoms. The summed E-state index contributed by atoms with van der Waals surface area (Å²) in [6.07, 6.45) is 3.25. The molecule has 1 amide bonds. The molecule has 0 aliphatic carbocycles. The number of carbonyl (C=O) groups excluding carboxylic acids is 1. The van der Waals surface area contributed by atoms with E-state index in [1.165, 1.54) is 0 Å². The van der Waals surface area contributed by atoms with Gasteiger partial charge in [-0.05, 0) is 18.9 Å². The van der Waals surface area contributed by atoms with Crippen molar-refractivity contribution < 1.29 is 4.79 Å². The molecule has 0 aromatic carbocycles. The lowest BCUT2D eigenvalue weighted by atomic mass is 9.74. The van der Waals surface area contributed by atoms with Gasteiger partial charge in [0.05, 0.1) is 5.41 Å². The molecule has 16 heavy (non-hydrogen) atoms. The molecule has 2 aliphatic rings. The summed E-state index contributed by atoms with van der Waals surface area (Å²) in [5, 5.41) is 4.63. The molecule has 5 heteroatoms. The first kappa shape index (κ1) is 9.74. The Kier molecular flexibility index (Phi) is 1.99. The fourth-order valence-electron chi connectivity index (χ4n) is 2.64. The van der Waals surface area contributed by atoms with E-state index in [-0.39, 0.29) is 11.3 Å². The number of nitrogens with zero attached hydrogens (tertiary/aromatic N) is 2. The lowest BCUT2D eigenvalue weighted by molar-refractivity contribution is -0.122. The monoisotopic (exact) mass is 218 g/mol. The predicted molar refractivity (Wildman–Crippen MR) is 59.5 cm³/mol. The van der Waals surface area contributed by atoms with E-state index >= 15 is 0 Å². The summed E-state index contributed by atoms with van der Waals surface area (Å²) in [4.78, 5) is 16.3. The molecule has 3 heterocycles. The molecular formula is C11H14N4O. The minimum Gasteiger partial charge on any atom is -0.310 e. The number of hydrogen-bond donors (Lipinski definition) is 2. The van der Waals surface area contributed by atoms with Gasteiger partial charge in [0, 0.05) is 24.8 Å². The molecular weight excluding hydrogens is 204 g/mol. The van der Waals surface area contributed by atoms with Gasteiger partial charge in [0.1, 0.15) is 5.82 Å². The van der Waals surface area contributed by atoms with Gasteiger partial charge < -0.3 is 5.32 Å². The quantitative estimate of drug-likeness (QED) is 0.612. The average molecular weight is 218 g/mol. The van der Waals surface area contributed by atoms with Crippen molar-refractivity contribution in [2.75, 3.05) is 18.4 Å². The molecule has 1 aromatic rings. The van der Waals surface area contributed by atoms with Crippen molar-refractivity contribution in [1.82, 2.24) is 9.99 Å². The molecule has 0 saturated carbocycles. The normalized spacial score (nSPS) is 23.2. The Hall–Kier alpha value is -1.46. The van der Waals surface area contributed by atoms with Gasteiger partial charge in [0.25, 0.3) is 0 Å². The lowest BCUT2D eigenvalue weighted by Gasteiger charge is -2.35. The van der Waals surface area contributed by atoms with Crippen LogP contribution in [0.5, 0.6) is 0 Å². The number of fused-ring (bicyclic) bond motifs is 2. The Bertz CT molecular complexity index is 437. The molecule has 1 saturated heterocycles. The summed E-state index contributed by atoms with van der Waals surface area (Å²) in [7, 11) is 0. The summed E-state index contributed by atoms with van der Waals surface area (Å²) >= 11 is 0. The number of hydrazine groups is 1. The van der Waals surface area contributed by atoms with Crippen molar-refractivity contribution >= 4 is 11.7 Å². The molecule has 1 fully saturated rings. The van der Waals surface area contributed by atoms with Crippen LogP contribution in [0.15, 0.2) is 18.3 Å². The van der Waals surface area contributed by atoms with Gasteiger partial charge in [0.15, 0.2) is 0 Å². The van der Waals surface area contributed by atoms with Crippen LogP contribution in [0.1, 0.15) is 18.4 Å². The van der Waals surface area contributed by atoms with Gasteiger partial charge in [-0.25, -0.2) is 9.99 Å². The van der Waals surface area contributed by atoms with Gasteiger partial charge in [-0.3, -0.25) is 10.6 Å². The molecule has 1 aromatic heterocycles. The third kappa shape index (κ3) is 1.19. The van der Waals surface area contributed by atoms with E-state index in [2.05, 4.69) is 10.3 Å². The van der Waals surface area contributed by atoms with Crippen molar-refractivity contribution in [3.05, 3.63) is 23.9 Å². The molecule has 3 N–H and O–H groups in total. The highest BCUT2D eigenvalue weighted by molar-refractivity contribution is 6.05. The van der Waals surface area contributed by atoms with E-state index in [9.17, 15) is 4.79 Å². The number of aromatic nitrogens is 1. The van der Waals surface area contributed by atoms with Crippen LogP contribution in [0, 0.1) is 0 Å². The highest BCUT2D eigenvalue weighted by atomic mass is 16.2. The van der Waals surface area contributed by atoms with E-state index in [4.69, 9.17) is 5.84 Å². The number of nitrogens with two attached hydrogens (primary N) is 1. The largest absolute Gasteiger partial charge is 0.310 e. The second-order valence-electron chi connectivity index (χ2n) is 4.47. The van der Waals surface area contributed by atoms with Crippen LogP contribution in [-0.2, 0) is 10.2 Å². The van der Waals surface area contributed by atoms with Crippen LogP contribution in [0.2, 0.25) is 0 Å². The summed E-state index contributed by atoms with van der Waals surface area (Å²) in [6, 6.07) is 3.88. The summed E-state index contributed by atoms with van der Waals surface area (Å²) in [5.41, 5.74) is 0.646. The molecule has 5 nitrogen and oxygen atoms in total. The zero-order valence-corrected chi connectivity index (χ0v) is 8.94. The molecule has 0 radical (unpaired) electrons. The zero-order chi connectivity index (χ0) is 11.2. The number of piperidine rings is 1. The standard InChI is InChI=1S/C11H14N4O/c12-15-6-3-11(4-7-15)8-2-1-5-13-9(8)14-10(11)16/h1-2,5H,3-4,6-7,12H2,(H,13,14,16). The number of pyridine rings is 1. The van der Waals surface area contributed by atoms with Crippen LogP contribution < -0.4 is 11.2 Å². The van der Waals surface area contributed by atoms with Crippen molar-refractivity contribution in [1.29, 1.82) is 0 Å². The molecule has 0 unspecified atom stereocenters. The third-order valence-corrected chi connectivity index (χ3v) is 3.64. The first-order valence-electron chi connectivity index (χ1n) is 5.49. The number of anilines is 1. The fourth-order valence-corrected chi connectivity index (χ4v) is 2.64. The topological polar surface area (TPSA) is 71.2 Å². The van der Waals surface area contributed by atoms with Gasteiger partial charge in [-0.2, -0.15) is 0 Å². The van der Waals surface area contributed by atoms with Crippen LogP contribution in [0.25, 0.3) is 0 Å². The number of rotatable bonds is 0. The van der Waals surface area contributed by atoms with Crippen molar-refractivity contribution in [2.45, 2.75) is 18.3 Å². The molecule has 3 rings (SSSR count). The number of carbonyl (C=O) groups is 1. The van der Waals surface area contributed by atoms with Crippen LogP contribution in [0.4, 0.5) is 5.82 Å². The zero-order valence-electron chi connectivity index (χ0n) is 8.94. The van der Waals surface area contributed by atoms with Gasteiger partial charge in [-0.1, -0.05) is 6.07 Å². The first-order valence-corrected chi connectivity index (χ1v) is 5.49. The first-order chi connectivity index (χ1) is 7.72. The van der Waals surface area contributed by atoms with Crippen molar-refractivity contribution in [3.8, 4) is 0 Å². The maximum absolute atomic E-state index is 12.1. The number of nitrogens with one attached hydrogen (secondary N) is 1. The highest BCUT2D eigenvalue weighted by Gasteiger charge is 2.48. The second-order valence-corrected chi connectivity index (χ2v) is 4.47. The molecule has 2 aliphatic heterocycles. The Morgan fingerprint density at radius 3 is 2.94 bits per heavy atom. The van der Waals surface area contributed by atoms with E-state index in [0.717, 1.165) is 37.3 Å². The minimum atomic E-state index is -0.389. The van der Waals surface area contributed by atoms with Crippen LogP contribution in [0.3, 0.4) is 0 Å².